The maximum atomic E-state index is 13.1. The van der Waals surface area contributed by atoms with Crippen LogP contribution in [0.15, 0.2) is 72.9 Å². The van der Waals surface area contributed by atoms with Crippen molar-refractivity contribution in [1.29, 1.82) is 0 Å². The molecule has 3 aromatic carbocycles. The second kappa shape index (κ2) is 8.87. The molecule has 2 aromatic heterocycles. The molecule has 0 aliphatic carbocycles. The maximum Gasteiger partial charge on any atom is 0.339 e. The van der Waals surface area contributed by atoms with Crippen LogP contribution in [0, 0.1) is 24.3 Å². The molecule has 0 atom stereocenters. The van der Waals surface area contributed by atoms with Crippen molar-refractivity contribution in [3.05, 3.63) is 104 Å². The smallest absolute Gasteiger partial charge is 0.339 e. The Hall–Kier alpha value is -3.19. The van der Waals surface area contributed by atoms with Crippen LogP contribution >= 0.6 is 22.6 Å². The molecule has 170 valence electrons. The predicted octanol–water partition coefficient (Wildman–Crippen LogP) is 6.50. The highest BCUT2D eigenvalue weighted by atomic mass is 127. The number of ether oxygens (including phenoxy) is 1. The fourth-order valence-electron chi connectivity index (χ4n) is 4.57. The number of rotatable bonds is 4. The largest absolute Gasteiger partial charge is 0.457 e. The molecule has 0 N–H and O–H groups in total. The first-order chi connectivity index (χ1) is 16.4. The van der Waals surface area contributed by atoms with E-state index in [9.17, 15) is 4.79 Å². The van der Waals surface area contributed by atoms with Crippen molar-refractivity contribution in [2.45, 2.75) is 27.4 Å². The van der Waals surface area contributed by atoms with Gasteiger partial charge < -0.3 is 4.74 Å². The van der Waals surface area contributed by atoms with Crippen LogP contribution in [0.4, 0.5) is 0 Å². The highest BCUT2D eigenvalue weighted by molar-refractivity contribution is 14.1. The fraction of sp³-hybridized carbons (Fsp3) is 0.172. The Kier molecular flexibility index (Phi) is 5.90. The number of hydrogen-bond acceptors (Lipinski definition) is 2. The summed E-state index contributed by atoms with van der Waals surface area (Å²) in [4.78, 5) is 13.1. The van der Waals surface area contributed by atoms with E-state index in [0.29, 0.717) is 5.56 Å². The number of fused-ring (bicyclic) bond motifs is 3. The van der Waals surface area contributed by atoms with Gasteiger partial charge in [-0.05, 0) is 78.3 Å². The molecule has 0 saturated heterocycles. The third kappa shape index (κ3) is 3.78. The number of aromatic nitrogens is 2. The maximum absolute atomic E-state index is 13.1. The number of hydrogen-bond donors (Lipinski definition) is 0. The van der Waals surface area contributed by atoms with Crippen LogP contribution in [0.3, 0.4) is 0 Å². The number of halogens is 1. The van der Waals surface area contributed by atoms with Gasteiger partial charge in [-0.2, -0.15) is 4.57 Å². The first kappa shape index (κ1) is 22.6. The number of carbonyl (C=O) groups excluding carboxylic acids is 1. The molecule has 2 heterocycles. The van der Waals surface area contributed by atoms with E-state index in [0.717, 1.165) is 42.3 Å². The van der Waals surface area contributed by atoms with Crippen molar-refractivity contribution in [3.8, 4) is 5.82 Å². The molecular weight excluding hydrogens is 535 g/mol. The lowest BCUT2D eigenvalue weighted by atomic mass is 10.1. The Bertz CT molecular complexity index is 1570. The van der Waals surface area contributed by atoms with E-state index >= 15 is 0 Å². The van der Waals surface area contributed by atoms with E-state index in [-0.39, 0.29) is 12.6 Å². The summed E-state index contributed by atoms with van der Waals surface area (Å²) in [6.07, 6.45) is 2.17. The molecule has 0 unspecified atom stereocenters. The van der Waals surface area contributed by atoms with Gasteiger partial charge in [0.1, 0.15) is 17.6 Å². The summed E-state index contributed by atoms with van der Waals surface area (Å²) in [6.45, 7) is 6.62. The number of carbonyl (C=O) groups is 1. The van der Waals surface area contributed by atoms with Crippen molar-refractivity contribution in [2.75, 3.05) is 0 Å². The van der Waals surface area contributed by atoms with Crippen LogP contribution in [0.1, 0.15) is 32.6 Å². The molecule has 5 heteroatoms. The van der Waals surface area contributed by atoms with E-state index in [4.69, 9.17) is 4.74 Å². The minimum Gasteiger partial charge on any atom is -0.457 e. The highest BCUT2D eigenvalue weighted by Crippen LogP contribution is 2.37. The Morgan fingerprint density at radius 1 is 0.941 bits per heavy atom. The first-order valence-electron chi connectivity index (χ1n) is 11.3. The standard InChI is InChI=1S/C29H26IN2O2/c1-18-14-26(31(4)16-19(18)2)32-25-13-9-8-12-22(25)23-15-24(27(30)20(3)28(23)32)29(33)34-17-21-10-6-5-7-11-21/h5-16H,17H2,1-4H3/q+1. The molecule has 0 aliphatic rings. The summed E-state index contributed by atoms with van der Waals surface area (Å²) < 4.78 is 11.1. The topological polar surface area (TPSA) is 35.1 Å². The van der Waals surface area contributed by atoms with Crippen LogP contribution in [-0.2, 0) is 18.4 Å². The van der Waals surface area contributed by atoms with Gasteiger partial charge in [-0.15, -0.1) is 0 Å². The molecule has 0 spiro atoms. The third-order valence-corrected chi connectivity index (χ3v) is 7.89. The second-order valence-corrected chi connectivity index (χ2v) is 9.86. The van der Waals surface area contributed by atoms with Gasteiger partial charge in [0.05, 0.1) is 18.8 Å². The molecule has 4 nitrogen and oxygen atoms in total. The zero-order chi connectivity index (χ0) is 24.0. The highest BCUT2D eigenvalue weighted by Gasteiger charge is 2.27. The average Bonchev–Trinajstić information content (AvgIpc) is 3.17. The fourth-order valence-corrected chi connectivity index (χ4v) is 5.20. The number of aryl methyl sites for hydroxylation is 4. The number of benzene rings is 3. The van der Waals surface area contributed by atoms with Crippen molar-refractivity contribution in [2.24, 2.45) is 7.05 Å². The van der Waals surface area contributed by atoms with Gasteiger partial charge in [-0.3, -0.25) is 0 Å². The summed E-state index contributed by atoms with van der Waals surface area (Å²) in [5.74, 6) is 0.791. The Morgan fingerprint density at radius 3 is 2.41 bits per heavy atom. The van der Waals surface area contributed by atoms with Crippen LogP contribution in [-0.4, -0.2) is 10.5 Å². The Labute approximate surface area is 212 Å². The SMILES string of the molecule is Cc1cc(-n2c3ccccc3c3cc(C(=O)OCc4ccccc4)c(I)c(C)c32)[n+](C)cc1C. The van der Waals surface area contributed by atoms with Crippen molar-refractivity contribution in [1.82, 2.24) is 4.57 Å². The van der Waals surface area contributed by atoms with E-state index in [1.165, 1.54) is 11.1 Å². The molecular formula is C29H26IN2O2+. The summed E-state index contributed by atoms with van der Waals surface area (Å²) in [7, 11) is 2.08. The van der Waals surface area contributed by atoms with Crippen molar-refractivity contribution < 1.29 is 14.1 Å². The molecule has 5 rings (SSSR count). The quantitative estimate of drug-likeness (QED) is 0.143. The first-order valence-corrected chi connectivity index (χ1v) is 12.3. The number of esters is 1. The Morgan fingerprint density at radius 2 is 1.65 bits per heavy atom. The second-order valence-electron chi connectivity index (χ2n) is 8.78. The summed E-state index contributed by atoms with van der Waals surface area (Å²) in [6, 6.07) is 22.4. The molecule has 34 heavy (non-hydrogen) atoms. The zero-order valence-electron chi connectivity index (χ0n) is 19.7. The minimum atomic E-state index is -0.299. The van der Waals surface area contributed by atoms with E-state index in [1.807, 2.05) is 42.5 Å². The van der Waals surface area contributed by atoms with E-state index < -0.39 is 0 Å². The van der Waals surface area contributed by atoms with Crippen LogP contribution < -0.4 is 4.57 Å². The lowest BCUT2D eigenvalue weighted by Gasteiger charge is -2.11. The van der Waals surface area contributed by atoms with Gasteiger partial charge in [0.2, 0.25) is 0 Å². The zero-order valence-corrected chi connectivity index (χ0v) is 21.9. The molecule has 5 aromatic rings. The normalized spacial score (nSPS) is 11.3. The van der Waals surface area contributed by atoms with Gasteiger partial charge in [0.15, 0.2) is 0 Å². The van der Waals surface area contributed by atoms with Gasteiger partial charge in [-0.1, -0.05) is 42.5 Å². The van der Waals surface area contributed by atoms with Crippen LogP contribution in [0.2, 0.25) is 0 Å². The molecule has 0 amide bonds. The molecule has 0 saturated carbocycles. The average molecular weight is 561 g/mol. The monoisotopic (exact) mass is 561 g/mol. The summed E-state index contributed by atoms with van der Waals surface area (Å²) >= 11 is 2.28. The predicted molar refractivity (Wildman–Crippen MR) is 144 cm³/mol. The van der Waals surface area contributed by atoms with Crippen molar-refractivity contribution >= 4 is 50.4 Å². The van der Waals surface area contributed by atoms with Crippen LogP contribution in [0.5, 0.6) is 0 Å². The van der Waals surface area contributed by atoms with Gasteiger partial charge in [0, 0.05) is 26.0 Å². The minimum absolute atomic E-state index is 0.257. The van der Waals surface area contributed by atoms with Crippen molar-refractivity contribution in [3.63, 3.8) is 0 Å². The van der Waals surface area contributed by atoms with Gasteiger partial charge >= 0.3 is 5.97 Å². The third-order valence-electron chi connectivity index (χ3n) is 6.50. The van der Waals surface area contributed by atoms with E-state index in [1.54, 1.807) is 0 Å². The lowest BCUT2D eigenvalue weighted by Crippen LogP contribution is -2.34. The number of pyridine rings is 1. The molecule has 0 radical (unpaired) electrons. The summed E-state index contributed by atoms with van der Waals surface area (Å²) in [5.41, 5.74) is 7.37. The summed E-state index contributed by atoms with van der Waals surface area (Å²) in [5, 5.41) is 2.17. The van der Waals surface area contributed by atoms with Gasteiger partial charge in [-0.25, -0.2) is 9.36 Å². The van der Waals surface area contributed by atoms with Crippen LogP contribution in [0.25, 0.3) is 27.6 Å². The van der Waals surface area contributed by atoms with E-state index in [2.05, 4.69) is 90.0 Å². The Balaban J connectivity index is 1.71. The molecule has 0 aliphatic heterocycles. The molecule has 0 fully saturated rings. The number of para-hydroxylation sites is 1. The number of nitrogens with zero attached hydrogens (tertiary/aromatic N) is 2. The van der Waals surface area contributed by atoms with Gasteiger partial charge in [0.25, 0.3) is 5.82 Å². The lowest BCUT2D eigenvalue weighted by molar-refractivity contribution is -0.665. The molecule has 0 bridgehead atoms.